The van der Waals surface area contributed by atoms with Crippen molar-refractivity contribution in [2.24, 2.45) is 5.41 Å². The normalized spacial score (nSPS) is 21.9. The largest absolute Gasteiger partial charge is 0.397 e. The monoisotopic (exact) mass is 306 g/mol. The summed E-state index contributed by atoms with van der Waals surface area (Å²) >= 11 is 5.97. The molecule has 1 aromatic carbocycles. The second-order valence-electron chi connectivity index (χ2n) is 6.24. The first kappa shape index (κ1) is 14.4. The zero-order valence-electron chi connectivity index (χ0n) is 11.9. The molecule has 0 bridgehead atoms. The molecule has 1 heterocycles. The smallest absolute Gasteiger partial charge is 0.234 e. The van der Waals surface area contributed by atoms with Gasteiger partial charge in [-0.15, -0.1) is 0 Å². The van der Waals surface area contributed by atoms with E-state index in [0.717, 1.165) is 25.7 Å². The third kappa shape index (κ3) is 2.64. The van der Waals surface area contributed by atoms with Crippen LogP contribution in [0.25, 0.3) is 0 Å². The summed E-state index contributed by atoms with van der Waals surface area (Å²) in [5.74, 6) is -0.302. The van der Waals surface area contributed by atoms with Gasteiger partial charge < -0.3 is 5.73 Å². The summed E-state index contributed by atoms with van der Waals surface area (Å²) in [6, 6.07) is 4.87. The molecule has 4 nitrogen and oxygen atoms in total. The summed E-state index contributed by atoms with van der Waals surface area (Å²) in [5.41, 5.74) is 6.62. The van der Waals surface area contributed by atoms with Gasteiger partial charge in [0.25, 0.3) is 0 Å². The summed E-state index contributed by atoms with van der Waals surface area (Å²) in [5, 5.41) is 0.470. The molecule has 2 N–H and O–H groups in total. The molecule has 1 aromatic rings. The van der Waals surface area contributed by atoms with Gasteiger partial charge in [0.1, 0.15) is 0 Å². The Balaban J connectivity index is 1.90. The average Bonchev–Trinajstić information content (AvgIpc) is 2.42. The van der Waals surface area contributed by atoms with Crippen molar-refractivity contribution in [1.29, 1.82) is 0 Å². The maximum atomic E-state index is 12.5. The Morgan fingerprint density at radius 1 is 1.05 bits per heavy atom. The Kier molecular flexibility index (Phi) is 3.66. The molecule has 1 spiro atoms. The summed E-state index contributed by atoms with van der Waals surface area (Å²) in [6.45, 7) is 0. The molecule has 2 aliphatic rings. The van der Waals surface area contributed by atoms with Crippen LogP contribution in [0.2, 0.25) is 5.02 Å². The summed E-state index contributed by atoms with van der Waals surface area (Å²) in [4.78, 5) is 26.3. The number of hydrogen-bond acceptors (Lipinski definition) is 3. The first-order chi connectivity index (χ1) is 10.0. The van der Waals surface area contributed by atoms with E-state index in [4.69, 9.17) is 17.3 Å². The van der Waals surface area contributed by atoms with Crippen molar-refractivity contribution in [3.05, 3.63) is 23.2 Å². The number of rotatable bonds is 1. The van der Waals surface area contributed by atoms with Gasteiger partial charge in [0, 0.05) is 17.9 Å². The van der Waals surface area contributed by atoms with Crippen molar-refractivity contribution in [3.63, 3.8) is 0 Å². The highest BCUT2D eigenvalue weighted by Crippen LogP contribution is 2.46. The number of imide groups is 1. The fourth-order valence-corrected chi connectivity index (χ4v) is 3.80. The van der Waals surface area contributed by atoms with Crippen LogP contribution in [0.15, 0.2) is 18.2 Å². The number of nitrogen functional groups attached to an aromatic ring is 1. The lowest BCUT2D eigenvalue weighted by atomic mass is 9.67. The lowest BCUT2D eigenvalue weighted by molar-refractivity contribution is -0.134. The molecular weight excluding hydrogens is 288 g/mol. The SMILES string of the molecule is Nc1ccc(Cl)cc1N1C(=O)CC2(CCCCC2)CC1=O. The van der Waals surface area contributed by atoms with E-state index in [-0.39, 0.29) is 17.2 Å². The number of carbonyl (C=O) groups excluding carboxylic acids is 2. The molecule has 0 aromatic heterocycles. The van der Waals surface area contributed by atoms with E-state index >= 15 is 0 Å². The van der Waals surface area contributed by atoms with E-state index in [1.54, 1.807) is 18.2 Å². The molecule has 0 unspecified atom stereocenters. The third-order valence-electron chi connectivity index (χ3n) is 4.70. The summed E-state index contributed by atoms with van der Waals surface area (Å²) < 4.78 is 0. The number of piperidine rings is 1. The number of halogens is 1. The van der Waals surface area contributed by atoms with Crippen molar-refractivity contribution in [2.45, 2.75) is 44.9 Å². The van der Waals surface area contributed by atoms with Crippen LogP contribution in [0.4, 0.5) is 11.4 Å². The average molecular weight is 307 g/mol. The number of anilines is 2. The minimum absolute atomic E-state index is 0.115. The van der Waals surface area contributed by atoms with Crippen molar-refractivity contribution < 1.29 is 9.59 Å². The summed E-state index contributed by atoms with van der Waals surface area (Å²) in [7, 11) is 0. The molecular formula is C16H19ClN2O2. The molecule has 5 heteroatoms. The summed E-state index contributed by atoms with van der Waals surface area (Å²) in [6.07, 6.45) is 6.25. The van der Waals surface area contributed by atoms with Crippen molar-refractivity contribution >= 4 is 34.8 Å². The number of nitrogens with zero attached hydrogens (tertiary/aromatic N) is 1. The standard InChI is InChI=1S/C16H19ClN2O2/c17-11-4-5-12(18)13(8-11)19-14(20)9-16(10-15(19)21)6-2-1-3-7-16/h4-5,8H,1-3,6-7,9-10,18H2. The molecule has 0 radical (unpaired) electrons. The third-order valence-corrected chi connectivity index (χ3v) is 4.93. The van der Waals surface area contributed by atoms with Crippen molar-refractivity contribution in [3.8, 4) is 0 Å². The van der Waals surface area contributed by atoms with Crippen molar-refractivity contribution in [2.75, 3.05) is 10.6 Å². The molecule has 112 valence electrons. The van der Waals surface area contributed by atoms with E-state index in [2.05, 4.69) is 0 Å². The van der Waals surface area contributed by atoms with E-state index in [1.165, 1.54) is 11.3 Å². The Labute approximate surface area is 129 Å². The lowest BCUT2D eigenvalue weighted by Crippen LogP contribution is -2.49. The topological polar surface area (TPSA) is 63.4 Å². The molecule has 2 fully saturated rings. The molecule has 1 aliphatic carbocycles. The zero-order chi connectivity index (χ0) is 15.0. The minimum Gasteiger partial charge on any atom is -0.397 e. The quantitative estimate of drug-likeness (QED) is 0.637. The number of hydrogen-bond donors (Lipinski definition) is 1. The van der Waals surface area contributed by atoms with E-state index in [1.807, 2.05) is 0 Å². The highest BCUT2D eigenvalue weighted by Gasteiger charge is 2.44. The van der Waals surface area contributed by atoms with Gasteiger partial charge in [-0.2, -0.15) is 0 Å². The van der Waals surface area contributed by atoms with Gasteiger partial charge >= 0.3 is 0 Å². The van der Waals surface area contributed by atoms with Crippen LogP contribution in [-0.2, 0) is 9.59 Å². The Morgan fingerprint density at radius 2 is 1.67 bits per heavy atom. The van der Waals surface area contributed by atoms with Crippen LogP contribution in [0.3, 0.4) is 0 Å². The van der Waals surface area contributed by atoms with Crippen LogP contribution < -0.4 is 10.6 Å². The van der Waals surface area contributed by atoms with Gasteiger partial charge in [0.05, 0.1) is 11.4 Å². The fraction of sp³-hybridized carbons (Fsp3) is 0.500. The van der Waals surface area contributed by atoms with Gasteiger partial charge in [-0.05, 0) is 36.5 Å². The molecule has 1 aliphatic heterocycles. The maximum absolute atomic E-state index is 12.5. The van der Waals surface area contributed by atoms with Gasteiger partial charge in [0.15, 0.2) is 0 Å². The van der Waals surface area contributed by atoms with E-state index < -0.39 is 0 Å². The van der Waals surface area contributed by atoms with Gasteiger partial charge in [0.2, 0.25) is 11.8 Å². The molecule has 1 saturated heterocycles. The molecule has 21 heavy (non-hydrogen) atoms. The first-order valence-corrected chi connectivity index (χ1v) is 7.79. The minimum atomic E-state index is -0.151. The number of benzene rings is 1. The van der Waals surface area contributed by atoms with Gasteiger partial charge in [-0.1, -0.05) is 30.9 Å². The second-order valence-corrected chi connectivity index (χ2v) is 6.68. The lowest BCUT2D eigenvalue weighted by Gasteiger charge is -2.42. The predicted octanol–water partition coefficient (Wildman–Crippen LogP) is 3.53. The highest BCUT2D eigenvalue weighted by atomic mass is 35.5. The van der Waals surface area contributed by atoms with Gasteiger partial charge in [-0.25, -0.2) is 4.90 Å². The van der Waals surface area contributed by atoms with Crippen LogP contribution in [0.1, 0.15) is 44.9 Å². The second kappa shape index (κ2) is 5.34. The zero-order valence-corrected chi connectivity index (χ0v) is 12.7. The molecule has 2 amide bonds. The van der Waals surface area contributed by atoms with Crippen LogP contribution in [0, 0.1) is 5.41 Å². The van der Waals surface area contributed by atoms with Crippen LogP contribution in [0.5, 0.6) is 0 Å². The Morgan fingerprint density at radius 3 is 2.29 bits per heavy atom. The first-order valence-electron chi connectivity index (χ1n) is 7.42. The van der Waals surface area contributed by atoms with E-state index in [0.29, 0.717) is 29.2 Å². The Bertz CT molecular complexity index is 574. The predicted molar refractivity (Wildman–Crippen MR) is 83.1 cm³/mol. The number of nitrogens with two attached hydrogens (primary N) is 1. The maximum Gasteiger partial charge on any atom is 0.234 e. The van der Waals surface area contributed by atoms with E-state index in [9.17, 15) is 9.59 Å². The highest BCUT2D eigenvalue weighted by molar-refractivity contribution is 6.31. The molecule has 0 atom stereocenters. The van der Waals surface area contributed by atoms with Gasteiger partial charge in [-0.3, -0.25) is 9.59 Å². The Hall–Kier alpha value is -1.55. The van der Waals surface area contributed by atoms with Crippen molar-refractivity contribution in [1.82, 2.24) is 0 Å². The number of carbonyl (C=O) groups is 2. The van der Waals surface area contributed by atoms with Crippen LogP contribution in [-0.4, -0.2) is 11.8 Å². The molecule has 3 rings (SSSR count). The number of amides is 2. The fourth-order valence-electron chi connectivity index (χ4n) is 3.64. The molecule has 1 saturated carbocycles. The van der Waals surface area contributed by atoms with Crippen LogP contribution >= 0.6 is 11.6 Å².